The molecular formula is C17H19BN2O3. The number of hydrogen-bond donors (Lipinski definition) is 2. The number of nitrogens with one attached hydrogen (secondary N) is 1. The fourth-order valence-corrected chi connectivity index (χ4v) is 2.33. The highest BCUT2D eigenvalue weighted by atomic mass is 16.2. The third-order valence-corrected chi connectivity index (χ3v) is 3.70. The molecule has 1 amide bonds. The maximum atomic E-state index is 12.5. The molecule has 0 aromatic heterocycles. The maximum absolute atomic E-state index is 12.5. The van der Waals surface area contributed by atoms with Crippen molar-refractivity contribution >= 4 is 24.7 Å². The molecule has 118 valence electrons. The van der Waals surface area contributed by atoms with E-state index in [9.17, 15) is 14.6 Å². The Bertz CT molecular complexity index is 682. The average molecular weight is 310 g/mol. The number of hydrogen-bond acceptors (Lipinski definition) is 4. The van der Waals surface area contributed by atoms with Crippen molar-refractivity contribution in [3.05, 3.63) is 65.8 Å². The van der Waals surface area contributed by atoms with Crippen LogP contribution in [0.5, 0.6) is 0 Å². The van der Waals surface area contributed by atoms with E-state index < -0.39 is 7.05 Å². The van der Waals surface area contributed by atoms with Gasteiger partial charge in [-0.1, -0.05) is 49.1 Å². The average Bonchev–Trinajstić information content (AvgIpc) is 2.58. The van der Waals surface area contributed by atoms with Crippen LogP contribution in [0.3, 0.4) is 0 Å². The first kappa shape index (κ1) is 16.9. The van der Waals surface area contributed by atoms with Crippen LogP contribution in [0.1, 0.15) is 18.9 Å². The Balaban J connectivity index is 2.17. The van der Waals surface area contributed by atoms with Crippen molar-refractivity contribution in [1.29, 1.82) is 0 Å². The predicted molar refractivity (Wildman–Crippen MR) is 90.5 cm³/mol. The molecule has 2 N–H and O–H groups in total. The first-order chi connectivity index (χ1) is 11.1. The van der Waals surface area contributed by atoms with Gasteiger partial charge in [0.2, 0.25) is 0 Å². The number of nitrogens with zero attached hydrogens (tertiary/aromatic N) is 1. The predicted octanol–water partition coefficient (Wildman–Crippen LogP) is 0.869. The number of fused-ring (bicyclic) bond motifs is 1. The van der Waals surface area contributed by atoms with Crippen molar-refractivity contribution < 1.29 is 14.6 Å². The molecule has 0 spiro atoms. The van der Waals surface area contributed by atoms with Gasteiger partial charge in [-0.3, -0.25) is 9.71 Å². The first-order valence-electron chi connectivity index (χ1n) is 7.35. The molecule has 0 aliphatic carbocycles. The van der Waals surface area contributed by atoms with Gasteiger partial charge in [-0.2, -0.15) is 0 Å². The van der Waals surface area contributed by atoms with Crippen LogP contribution in [-0.4, -0.2) is 29.2 Å². The number of carbonyl (C=O) groups is 2. The fraction of sp³-hybridized carbons (Fsp3) is 0.176. The van der Waals surface area contributed by atoms with E-state index in [1.807, 2.05) is 18.2 Å². The van der Waals surface area contributed by atoms with Crippen LogP contribution in [0.25, 0.3) is 0 Å². The molecule has 0 radical (unpaired) electrons. The lowest BCUT2D eigenvalue weighted by Gasteiger charge is -2.32. The number of amides is 1. The van der Waals surface area contributed by atoms with Crippen LogP contribution in [0.15, 0.2) is 60.2 Å². The van der Waals surface area contributed by atoms with E-state index >= 15 is 0 Å². The van der Waals surface area contributed by atoms with E-state index in [1.54, 1.807) is 31.2 Å². The molecule has 1 aromatic carbocycles. The summed E-state index contributed by atoms with van der Waals surface area (Å²) in [4.78, 5) is 24.2. The summed E-state index contributed by atoms with van der Waals surface area (Å²) < 4.78 is 0. The van der Waals surface area contributed by atoms with Crippen LogP contribution < -0.4 is 10.9 Å². The topological polar surface area (TPSA) is 69.6 Å². The number of benzene rings is 1. The summed E-state index contributed by atoms with van der Waals surface area (Å²) in [5, 5.41) is 10.4. The summed E-state index contributed by atoms with van der Waals surface area (Å²) in [6.45, 7) is 5.76. The monoisotopic (exact) mass is 310 g/mol. The van der Waals surface area contributed by atoms with Crippen LogP contribution in [0.2, 0.25) is 0 Å². The van der Waals surface area contributed by atoms with Crippen molar-refractivity contribution in [3.8, 4) is 0 Å². The van der Waals surface area contributed by atoms with Gasteiger partial charge in [-0.15, -0.1) is 0 Å². The summed E-state index contributed by atoms with van der Waals surface area (Å²) >= 11 is 0. The molecule has 1 aliphatic heterocycles. The van der Waals surface area contributed by atoms with E-state index in [0.29, 0.717) is 12.1 Å². The fourth-order valence-electron chi connectivity index (χ4n) is 2.33. The summed E-state index contributed by atoms with van der Waals surface area (Å²) in [5.74, 6) is -0.322. The molecule has 0 saturated carbocycles. The molecule has 0 fully saturated rings. The lowest BCUT2D eigenvalue weighted by molar-refractivity contribution is -0.125. The Morgan fingerprint density at radius 2 is 2.17 bits per heavy atom. The summed E-state index contributed by atoms with van der Waals surface area (Å²) in [7, 11) is -1.03. The van der Waals surface area contributed by atoms with E-state index in [2.05, 4.69) is 12.0 Å². The van der Waals surface area contributed by atoms with Gasteiger partial charge < -0.3 is 9.82 Å². The minimum atomic E-state index is -1.03. The van der Waals surface area contributed by atoms with Crippen LogP contribution in [0, 0.1) is 0 Å². The van der Waals surface area contributed by atoms with Gasteiger partial charge >= 0.3 is 7.05 Å². The largest absolute Gasteiger partial charge is 0.467 e. The number of carbonyl (C=O) groups excluding carboxylic acids is 2. The van der Waals surface area contributed by atoms with E-state index in [1.165, 1.54) is 4.92 Å². The molecule has 0 saturated heterocycles. The minimum Gasteiger partial charge on any atom is -0.428 e. The van der Waals surface area contributed by atoms with Gasteiger partial charge in [-0.25, -0.2) is 5.43 Å². The highest BCUT2D eigenvalue weighted by molar-refractivity contribution is 6.66. The number of rotatable bonds is 5. The van der Waals surface area contributed by atoms with E-state index in [4.69, 9.17) is 0 Å². The number of hydrazine groups is 1. The summed E-state index contributed by atoms with van der Waals surface area (Å²) in [6, 6.07) is 7.44. The van der Waals surface area contributed by atoms with Crippen molar-refractivity contribution in [3.63, 3.8) is 0 Å². The number of aldehydes is 1. The summed E-state index contributed by atoms with van der Waals surface area (Å²) in [5.41, 5.74) is 5.78. The first-order valence-corrected chi connectivity index (χ1v) is 7.35. The highest BCUT2D eigenvalue weighted by Gasteiger charge is 2.34. The molecule has 1 aliphatic rings. The van der Waals surface area contributed by atoms with Gasteiger partial charge in [-0.05, 0) is 23.5 Å². The maximum Gasteiger partial charge on any atom is 0.467 e. The van der Waals surface area contributed by atoms with Gasteiger partial charge in [0.05, 0.1) is 0 Å². The van der Waals surface area contributed by atoms with Crippen molar-refractivity contribution in [1.82, 2.24) is 10.3 Å². The molecule has 5 nitrogen and oxygen atoms in total. The van der Waals surface area contributed by atoms with Gasteiger partial charge in [0, 0.05) is 18.5 Å². The van der Waals surface area contributed by atoms with Gasteiger partial charge in [0.1, 0.15) is 6.29 Å². The highest BCUT2D eigenvalue weighted by Crippen LogP contribution is 2.10. The number of allylic oxidation sites excluding steroid dienone is 4. The Hall–Kier alpha value is -2.44. The second-order valence-electron chi connectivity index (χ2n) is 5.25. The second-order valence-corrected chi connectivity index (χ2v) is 5.25. The molecule has 1 aromatic rings. The SMILES string of the molecule is C=C/C(=C\C=C(/C)C(=O)N1NCc2ccccc2B1O)CC=O. The minimum absolute atomic E-state index is 0.249. The Morgan fingerprint density at radius 3 is 2.87 bits per heavy atom. The molecular weight excluding hydrogens is 291 g/mol. The zero-order valence-corrected chi connectivity index (χ0v) is 13.0. The quantitative estimate of drug-likeness (QED) is 0.366. The smallest absolute Gasteiger partial charge is 0.428 e. The van der Waals surface area contributed by atoms with Crippen molar-refractivity contribution in [2.45, 2.75) is 19.9 Å². The van der Waals surface area contributed by atoms with Crippen LogP contribution >= 0.6 is 0 Å². The zero-order chi connectivity index (χ0) is 16.8. The second kappa shape index (κ2) is 7.71. The molecule has 0 atom stereocenters. The Kier molecular flexibility index (Phi) is 5.68. The van der Waals surface area contributed by atoms with Crippen LogP contribution in [-0.2, 0) is 16.1 Å². The lowest BCUT2D eigenvalue weighted by Crippen LogP contribution is -2.62. The Morgan fingerprint density at radius 1 is 1.43 bits per heavy atom. The molecule has 0 unspecified atom stereocenters. The molecule has 0 bridgehead atoms. The lowest BCUT2D eigenvalue weighted by atomic mass is 9.69. The standard InChI is InChI=1S/C17H19BN2O3/c1-3-14(10-11-21)9-8-13(2)17(22)20-18(23)16-7-5-4-6-15(16)12-19-20/h3-9,11,19,23H,1,10,12H2,2H3/b13-8+,14-9+. The third-order valence-electron chi connectivity index (χ3n) is 3.70. The molecule has 6 heteroatoms. The molecule has 1 heterocycles. The zero-order valence-electron chi connectivity index (χ0n) is 13.0. The normalized spacial score (nSPS) is 15.2. The van der Waals surface area contributed by atoms with E-state index in [0.717, 1.165) is 22.9 Å². The van der Waals surface area contributed by atoms with Crippen molar-refractivity contribution in [2.24, 2.45) is 0 Å². The van der Waals surface area contributed by atoms with Gasteiger partial charge in [0.15, 0.2) is 0 Å². The van der Waals surface area contributed by atoms with E-state index in [-0.39, 0.29) is 12.3 Å². The third kappa shape index (κ3) is 3.86. The molecule has 2 rings (SSSR count). The summed E-state index contributed by atoms with van der Waals surface area (Å²) in [6.07, 6.45) is 5.91. The van der Waals surface area contributed by atoms with Gasteiger partial charge in [0.25, 0.3) is 5.91 Å². The molecule has 23 heavy (non-hydrogen) atoms. The van der Waals surface area contributed by atoms with Crippen LogP contribution in [0.4, 0.5) is 0 Å². The Labute approximate surface area is 136 Å². The van der Waals surface area contributed by atoms with Crippen molar-refractivity contribution in [2.75, 3.05) is 0 Å².